The Morgan fingerprint density at radius 2 is 1.88 bits per heavy atom. The molecule has 0 aliphatic heterocycles. The summed E-state index contributed by atoms with van der Waals surface area (Å²) >= 11 is 1.03. The van der Waals surface area contributed by atoms with E-state index in [0.29, 0.717) is 18.5 Å². The first-order valence-corrected chi connectivity index (χ1v) is 8.68. The fourth-order valence-electron chi connectivity index (χ4n) is 1.92. The Morgan fingerprint density at radius 1 is 1.20 bits per heavy atom. The number of carbonyl (C=O) groups is 3. The molecule has 0 saturated carbocycles. The molecule has 1 amide bonds. The van der Waals surface area contributed by atoms with Crippen LogP contribution in [0.25, 0.3) is 0 Å². The zero-order valence-electron chi connectivity index (χ0n) is 13.7. The molecule has 136 valence electrons. The molecular weight excluding hydrogens is 344 g/mol. The number of aliphatic imine (C=N–C) groups is 1. The number of carboxylic acid groups (broad SMARTS) is 1. The third-order valence-corrected chi connectivity index (χ3v) is 4.06. The molecule has 0 aliphatic rings. The van der Waals surface area contributed by atoms with Gasteiger partial charge in [0, 0.05) is 24.3 Å². The highest BCUT2D eigenvalue weighted by atomic mass is 32.2. The fraction of sp³-hybridized carbons (Fsp3) is 0.375. The number of carbonyl (C=O) groups excluding carboxylic acids is 2. The minimum atomic E-state index is -1.12. The molecule has 0 bridgehead atoms. The number of nitrogens with two attached hydrogens (primary N) is 2. The Bertz CT molecular complexity index is 618. The zero-order valence-corrected chi connectivity index (χ0v) is 14.5. The van der Waals surface area contributed by atoms with E-state index in [0.717, 1.165) is 11.8 Å². The van der Waals surface area contributed by atoms with Crippen LogP contribution in [0.5, 0.6) is 0 Å². The van der Waals surface area contributed by atoms with Gasteiger partial charge >= 0.3 is 5.97 Å². The van der Waals surface area contributed by atoms with Crippen LogP contribution in [0.15, 0.2) is 35.3 Å². The van der Waals surface area contributed by atoms with E-state index < -0.39 is 17.9 Å². The number of nitrogens with zero attached hydrogens (tertiary/aromatic N) is 1. The van der Waals surface area contributed by atoms with E-state index in [-0.39, 0.29) is 29.7 Å². The van der Waals surface area contributed by atoms with Gasteiger partial charge in [-0.1, -0.05) is 42.1 Å². The van der Waals surface area contributed by atoms with Gasteiger partial charge in [-0.2, -0.15) is 0 Å². The number of benzene rings is 1. The van der Waals surface area contributed by atoms with Crippen molar-refractivity contribution in [2.45, 2.75) is 25.3 Å². The molecule has 0 unspecified atom stereocenters. The van der Waals surface area contributed by atoms with Gasteiger partial charge in [0.15, 0.2) is 5.96 Å². The van der Waals surface area contributed by atoms with E-state index in [9.17, 15) is 14.4 Å². The highest BCUT2D eigenvalue weighted by molar-refractivity contribution is 8.14. The highest BCUT2D eigenvalue weighted by Crippen LogP contribution is 2.13. The molecule has 1 atom stereocenters. The number of thioether (sulfide) groups is 1. The second-order valence-corrected chi connectivity index (χ2v) is 6.23. The van der Waals surface area contributed by atoms with Crippen LogP contribution in [0, 0.1) is 0 Å². The normalized spacial score (nSPS) is 11.4. The van der Waals surface area contributed by atoms with Crippen LogP contribution in [-0.2, 0) is 9.59 Å². The topological polar surface area (TPSA) is 148 Å². The first-order valence-electron chi connectivity index (χ1n) is 7.70. The average molecular weight is 366 g/mol. The summed E-state index contributed by atoms with van der Waals surface area (Å²) in [7, 11) is 0. The SMILES string of the molecule is NC(N)=NCCC[C@H](NC(=O)CCSC(=O)c1ccccc1)C(=O)O. The number of carboxylic acids is 1. The van der Waals surface area contributed by atoms with Crippen LogP contribution in [0.3, 0.4) is 0 Å². The van der Waals surface area contributed by atoms with Crippen LogP contribution < -0.4 is 16.8 Å². The fourth-order valence-corrected chi connectivity index (χ4v) is 2.70. The Balaban J connectivity index is 2.33. The number of guanidine groups is 1. The van der Waals surface area contributed by atoms with Gasteiger partial charge in [-0.05, 0) is 12.8 Å². The number of nitrogens with one attached hydrogen (secondary N) is 1. The molecule has 8 nitrogen and oxygen atoms in total. The molecule has 0 aliphatic carbocycles. The summed E-state index contributed by atoms with van der Waals surface area (Å²) in [5.41, 5.74) is 10.9. The molecule has 0 radical (unpaired) electrons. The van der Waals surface area contributed by atoms with Crippen LogP contribution in [0.2, 0.25) is 0 Å². The average Bonchev–Trinajstić information content (AvgIpc) is 2.57. The molecule has 0 spiro atoms. The van der Waals surface area contributed by atoms with Crippen LogP contribution in [-0.4, -0.2) is 46.4 Å². The van der Waals surface area contributed by atoms with Gasteiger partial charge in [0.1, 0.15) is 6.04 Å². The Morgan fingerprint density at radius 3 is 2.48 bits per heavy atom. The van der Waals surface area contributed by atoms with Crippen molar-refractivity contribution in [3.8, 4) is 0 Å². The van der Waals surface area contributed by atoms with Crippen molar-refractivity contribution in [1.82, 2.24) is 5.32 Å². The molecule has 0 fully saturated rings. The highest BCUT2D eigenvalue weighted by Gasteiger charge is 2.19. The zero-order chi connectivity index (χ0) is 18.7. The van der Waals surface area contributed by atoms with Crippen molar-refractivity contribution in [3.05, 3.63) is 35.9 Å². The summed E-state index contributed by atoms with van der Waals surface area (Å²) in [6, 6.07) is 7.74. The first kappa shape index (κ1) is 20.5. The van der Waals surface area contributed by atoms with Crippen molar-refractivity contribution in [3.63, 3.8) is 0 Å². The van der Waals surface area contributed by atoms with Gasteiger partial charge in [0.2, 0.25) is 11.0 Å². The standard InChI is InChI=1S/C16H22N4O4S/c17-16(18)19-9-4-7-12(14(22)23)20-13(21)8-10-25-15(24)11-5-2-1-3-6-11/h1-3,5-6,12H,4,7-10H2,(H,20,21)(H,22,23)(H4,17,18,19)/t12-/m0/s1. The number of hydrogen-bond donors (Lipinski definition) is 4. The van der Waals surface area contributed by atoms with E-state index in [4.69, 9.17) is 16.6 Å². The lowest BCUT2D eigenvalue weighted by atomic mass is 10.1. The minimum Gasteiger partial charge on any atom is -0.480 e. The Labute approximate surface area is 150 Å². The predicted molar refractivity (Wildman–Crippen MR) is 97.3 cm³/mol. The van der Waals surface area contributed by atoms with E-state index in [1.54, 1.807) is 24.3 Å². The van der Waals surface area contributed by atoms with Gasteiger partial charge in [-0.15, -0.1) is 0 Å². The lowest BCUT2D eigenvalue weighted by Crippen LogP contribution is -2.41. The molecule has 6 N–H and O–H groups in total. The van der Waals surface area contributed by atoms with E-state index in [1.165, 1.54) is 0 Å². The summed E-state index contributed by atoms with van der Waals surface area (Å²) in [4.78, 5) is 38.7. The molecule has 1 rings (SSSR count). The summed E-state index contributed by atoms with van der Waals surface area (Å²) in [5, 5.41) is 11.5. The third-order valence-electron chi connectivity index (χ3n) is 3.15. The Hall–Kier alpha value is -2.55. The molecular formula is C16H22N4O4S. The second kappa shape index (κ2) is 11.1. The number of aliphatic carboxylic acids is 1. The number of amides is 1. The molecule has 25 heavy (non-hydrogen) atoms. The molecule has 1 aromatic carbocycles. The molecule has 9 heteroatoms. The van der Waals surface area contributed by atoms with Crippen molar-refractivity contribution in [2.75, 3.05) is 12.3 Å². The van der Waals surface area contributed by atoms with Gasteiger partial charge in [-0.25, -0.2) is 4.79 Å². The van der Waals surface area contributed by atoms with Gasteiger partial charge < -0.3 is 21.9 Å². The van der Waals surface area contributed by atoms with E-state index in [1.807, 2.05) is 6.07 Å². The smallest absolute Gasteiger partial charge is 0.326 e. The van der Waals surface area contributed by atoms with Crippen LogP contribution in [0.1, 0.15) is 29.6 Å². The lowest BCUT2D eigenvalue weighted by Gasteiger charge is -2.13. The van der Waals surface area contributed by atoms with Crippen molar-refractivity contribution in [2.24, 2.45) is 16.5 Å². The maximum Gasteiger partial charge on any atom is 0.326 e. The van der Waals surface area contributed by atoms with Crippen LogP contribution in [0.4, 0.5) is 0 Å². The summed E-state index contributed by atoms with van der Waals surface area (Å²) in [6.07, 6.45) is 0.700. The second-order valence-electron chi connectivity index (χ2n) is 5.16. The summed E-state index contributed by atoms with van der Waals surface area (Å²) in [5.74, 6) is -1.32. The number of hydrogen-bond acceptors (Lipinski definition) is 5. The molecule has 1 aromatic rings. The minimum absolute atomic E-state index is 0.0565. The predicted octanol–water partition coefficient (Wildman–Crippen LogP) is 0.573. The van der Waals surface area contributed by atoms with Crippen molar-refractivity contribution >= 4 is 34.7 Å². The van der Waals surface area contributed by atoms with Gasteiger partial charge in [0.25, 0.3) is 0 Å². The third kappa shape index (κ3) is 8.75. The summed E-state index contributed by atoms with van der Waals surface area (Å²) in [6.45, 7) is 0.295. The van der Waals surface area contributed by atoms with E-state index in [2.05, 4.69) is 10.3 Å². The maximum atomic E-state index is 11.9. The molecule has 0 heterocycles. The summed E-state index contributed by atoms with van der Waals surface area (Å²) < 4.78 is 0. The van der Waals surface area contributed by atoms with Gasteiger partial charge in [0.05, 0.1) is 0 Å². The Kier molecular flexibility index (Phi) is 9.09. The largest absolute Gasteiger partial charge is 0.480 e. The quantitative estimate of drug-likeness (QED) is 0.269. The van der Waals surface area contributed by atoms with Crippen molar-refractivity contribution < 1.29 is 19.5 Å². The van der Waals surface area contributed by atoms with Crippen molar-refractivity contribution in [1.29, 1.82) is 0 Å². The van der Waals surface area contributed by atoms with Gasteiger partial charge in [-0.3, -0.25) is 14.6 Å². The first-order chi connectivity index (χ1) is 11.9. The van der Waals surface area contributed by atoms with E-state index >= 15 is 0 Å². The molecule has 0 aromatic heterocycles. The maximum absolute atomic E-state index is 11.9. The monoisotopic (exact) mass is 366 g/mol. The number of rotatable bonds is 10. The van der Waals surface area contributed by atoms with Crippen LogP contribution >= 0.6 is 11.8 Å². The lowest BCUT2D eigenvalue weighted by molar-refractivity contribution is -0.142. The molecule has 0 saturated heterocycles.